The fourth-order valence-electron chi connectivity index (χ4n) is 0.586. The zero-order chi connectivity index (χ0) is 10.4. The third-order valence-corrected chi connectivity index (χ3v) is 3.15. The van der Waals surface area contributed by atoms with Crippen molar-refractivity contribution in [3.05, 3.63) is 24.1 Å². The fraction of sp³-hybridized carbons (Fsp3) is 0.250. The standard InChI is InChI=1S/C8H10N2O.2W/c1-4-6(3)7(9)8(10)11-5-2;;/h5,10H,2H2,1,3H3;;. The molecule has 0 aromatic carbocycles. The Bertz CT molecular complexity index is 295. The summed E-state index contributed by atoms with van der Waals surface area (Å²) in [6.45, 7) is 7.37. The van der Waals surface area contributed by atoms with Gasteiger partial charge in [0, 0.05) is 0 Å². The van der Waals surface area contributed by atoms with Gasteiger partial charge in [-0.3, -0.25) is 0 Å². The van der Waals surface area contributed by atoms with Crippen LogP contribution in [0.2, 0.25) is 0 Å². The molecular formula is C8H10N2OW2. The molecule has 70 valence electrons. The van der Waals surface area contributed by atoms with Crippen LogP contribution >= 0.6 is 0 Å². The van der Waals surface area contributed by atoms with Crippen molar-refractivity contribution in [1.29, 1.82) is 5.41 Å². The summed E-state index contributed by atoms with van der Waals surface area (Å²) < 4.78 is 10.2. The van der Waals surface area contributed by atoms with Crippen molar-refractivity contribution in [1.82, 2.24) is 0 Å². The summed E-state index contributed by atoms with van der Waals surface area (Å²) >= 11 is 2.45. The summed E-state index contributed by atoms with van der Waals surface area (Å²) in [5.41, 5.74) is 1.65. The van der Waals surface area contributed by atoms with Crippen molar-refractivity contribution in [2.75, 3.05) is 0 Å². The van der Waals surface area contributed by atoms with E-state index in [-0.39, 0.29) is 5.90 Å². The van der Waals surface area contributed by atoms with Gasteiger partial charge in [0.2, 0.25) is 0 Å². The van der Waals surface area contributed by atoms with Gasteiger partial charge in [-0.25, -0.2) is 0 Å². The Hall–Kier alpha value is -0.00338. The fourth-order valence-corrected chi connectivity index (χ4v) is 1.72. The van der Waals surface area contributed by atoms with Crippen LogP contribution in [0.5, 0.6) is 0 Å². The van der Waals surface area contributed by atoms with Crippen LogP contribution in [0.15, 0.2) is 27.6 Å². The molecule has 0 saturated heterocycles. The van der Waals surface area contributed by atoms with Crippen molar-refractivity contribution in [3.8, 4) is 0 Å². The van der Waals surface area contributed by atoms with Gasteiger partial charge in [0.05, 0.1) is 0 Å². The van der Waals surface area contributed by atoms with E-state index in [1.807, 2.05) is 13.8 Å². The molecular weight excluding hydrogens is 508 g/mol. The predicted octanol–water partition coefficient (Wildman–Crippen LogP) is 1.87. The molecule has 0 aliphatic heterocycles. The van der Waals surface area contributed by atoms with Crippen molar-refractivity contribution in [2.24, 2.45) is 3.50 Å². The molecule has 0 aliphatic carbocycles. The molecule has 0 atom stereocenters. The molecule has 0 rings (SSSR count). The summed E-state index contributed by atoms with van der Waals surface area (Å²) in [5, 5.41) is 7.53. The summed E-state index contributed by atoms with van der Waals surface area (Å²) in [7, 11) is 0. The van der Waals surface area contributed by atoms with Crippen LogP contribution in [0.1, 0.15) is 13.8 Å². The van der Waals surface area contributed by atoms with Gasteiger partial charge in [0.25, 0.3) is 0 Å². The summed E-state index contributed by atoms with van der Waals surface area (Å²) in [6.07, 6.45) is 1.24. The number of hydrogen-bond acceptors (Lipinski definition) is 3. The minimum absolute atomic E-state index is 0.0723. The first-order chi connectivity index (χ1) is 6.04. The number of hydrogen-bond donors (Lipinski definition) is 1. The van der Waals surface area contributed by atoms with Gasteiger partial charge in [-0.2, -0.15) is 0 Å². The number of allylic oxidation sites excluding steroid dienone is 1. The monoisotopic (exact) mass is 518 g/mol. The number of rotatable bonds is 4. The average molecular weight is 518 g/mol. The van der Waals surface area contributed by atoms with Crippen LogP contribution < -0.4 is 0 Å². The SMILES string of the molecule is C=COC(=N)C([N]=[W])=C(C)[C](C)=[W]. The number of ether oxygens (including phenoxy) is 1. The quantitative estimate of drug-likeness (QED) is 0.345. The van der Waals surface area contributed by atoms with Gasteiger partial charge in [-0.1, -0.05) is 0 Å². The minimum atomic E-state index is 0.0723. The van der Waals surface area contributed by atoms with Gasteiger partial charge in [0.1, 0.15) is 0 Å². The van der Waals surface area contributed by atoms with Crippen molar-refractivity contribution < 1.29 is 43.7 Å². The molecule has 0 aromatic heterocycles. The van der Waals surface area contributed by atoms with Gasteiger partial charge >= 0.3 is 100 Å². The Morgan fingerprint density at radius 3 is 2.38 bits per heavy atom. The molecule has 0 aliphatic rings. The first kappa shape index (κ1) is 13.0. The molecule has 13 heavy (non-hydrogen) atoms. The molecule has 0 amide bonds. The van der Waals surface area contributed by atoms with Gasteiger partial charge < -0.3 is 0 Å². The molecule has 0 bridgehead atoms. The van der Waals surface area contributed by atoms with E-state index in [9.17, 15) is 0 Å². The zero-order valence-electron chi connectivity index (χ0n) is 7.46. The van der Waals surface area contributed by atoms with Crippen LogP contribution in [0.4, 0.5) is 0 Å². The predicted molar refractivity (Wildman–Crippen MR) is 44.8 cm³/mol. The Morgan fingerprint density at radius 2 is 2.08 bits per heavy atom. The number of nitrogens with one attached hydrogen (secondary N) is 1. The maximum absolute atomic E-state index is 7.53. The van der Waals surface area contributed by atoms with Gasteiger partial charge in [0.15, 0.2) is 0 Å². The third-order valence-electron chi connectivity index (χ3n) is 1.39. The second kappa shape index (κ2) is 6.45. The molecule has 3 nitrogen and oxygen atoms in total. The van der Waals surface area contributed by atoms with Crippen LogP contribution in [-0.4, -0.2) is 9.80 Å². The van der Waals surface area contributed by atoms with E-state index in [0.29, 0.717) is 5.70 Å². The topological polar surface area (TPSA) is 45.4 Å². The van der Waals surface area contributed by atoms with E-state index >= 15 is 0 Å². The van der Waals surface area contributed by atoms with E-state index in [1.54, 1.807) is 0 Å². The van der Waals surface area contributed by atoms with Gasteiger partial charge in [-0.05, 0) is 0 Å². The molecule has 0 spiro atoms. The van der Waals surface area contributed by atoms with E-state index in [4.69, 9.17) is 10.1 Å². The molecule has 0 fully saturated rings. The molecule has 0 aromatic rings. The third kappa shape index (κ3) is 4.15. The molecule has 0 unspecified atom stereocenters. The Kier molecular flexibility index (Phi) is 6.45. The van der Waals surface area contributed by atoms with E-state index in [0.717, 1.165) is 25.2 Å². The first-order valence-corrected chi connectivity index (χ1v) is 6.24. The Balaban J connectivity index is 4.98. The second-order valence-corrected chi connectivity index (χ2v) is 5.09. The van der Waals surface area contributed by atoms with Crippen molar-refractivity contribution in [3.63, 3.8) is 0 Å². The molecule has 1 N–H and O–H groups in total. The normalized spacial score (nSPS) is 11.2. The van der Waals surface area contributed by atoms with Crippen molar-refractivity contribution >= 4 is 9.80 Å². The molecule has 0 saturated carbocycles. The van der Waals surface area contributed by atoms with Crippen LogP contribution in [0, 0.1) is 5.41 Å². The molecule has 0 heterocycles. The maximum atomic E-state index is 7.53. The Labute approximate surface area is 99.9 Å². The Morgan fingerprint density at radius 1 is 1.54 bits per heavy atom. The van der Waals surface area contributed by atoms with Crippen LogP contribution in [0.3, 0.4) is 0 Å². The summed E-state index contributed by atoms with van der Waals surface area (Å²) in [6, 6.07) is 0. The average Bonchev–Trinajstić information content (AvgIpc) is 2.05. The van der Waals surface area contributed by atoms with E-state index < -0.39 is 0 Å². The summed E-state index contributed by atoms with van der Waals surface area (Å²) in [4.78, 5) is 0. The van der Waals surface area contributed by atoms with Crippen LogP contribution in [0.25, 0.3) is 0 Å². The van der Waals surface area contributed by atoms with Crippen LogP contribution in [-0.2, 0) is 43.7 Å². The molecule has 0 radical (unpaired) electrons. The van der Waals surface area contributed by atoms with E-state index in [1.165, 1.54) is 29.5 Å². The number of nitrogens with zero attached hydrogens (tertiary/aromatic N) is 1. The second-order valence-electron chi connectivity index (χ2n) is 2.23. The van der Waals surface area contributed by atoms with E-state index in [2.05, 4.69) is 10.1 Å². The van der Waals surface area contributed by atoms with Crippen molar-refractivity contribution in [2.45, 2.75) is 13.8 Å². The summed E-state index contributed by atoms with van der Waals surface area (Å²) in [5.74, 6) is 0.0723. The zero-order valence-corrected chi connectivity index (χ0v) is 13.3. The van der Waals surface area contributed by atoms with Gasteiger partial charge in [-0.15, -0.1) is 0 Å². The molecule has 5 heteroatoms. The first-order valence-electron chi connectivity index (χ1n) is 3.46.